The number of nitrogens with one attached hydrogen (secondary N) is 1. The first-order valence-electron chi connectivity index (χ1n) is 8.11. The highest BCUT2D eigenvalue weighted by atomic mass is 35.5. The van der Waals surface area contributed by atoms with Crippen LogP contribution in [0.1, 0.15) is 18.2 Å². The van der Waals surface area contributed by atoms with Crippen LogP contribution in [-0.2, 0) is 14.3 Å². The average molecular weight is 428 g/mol. The number of hydrogen-bond donors (Lipinski definition) is 5. The third-order valence-electron chi connectivity index (χ3n) is 4.28. The maximum Gasteiger partial charge on any atom is 0.341 e. The number of aromatic nitrogens is 8. The molecule has 154 valence electrons. The largest absolute Gasteiger partial charge is 0.479 e. The van der Waals surface area contributed by atoms with Crippen molar-refractivity contribution in [3.8, 4) is 0 Å². The van der Waals surface area contributed by atoms with Gasteiger partial charge in [-0.25, -0.2) is 9.78 Å². The number of carbonyl (C=O) groups is 1. The van der Waals surface area contributed by atoms with Gasteiger partial charge in [0.1, 0.15) is 23.8 Å². The van der Waals surface area contributed by atoms with Gasteiger partial charge >= 0.3 is 5.97 Å². The summed E-state index contributed by atoms with van der Waals surface area (Å²) in [5.41, 5.74) is 6.18. The lowest BCUT2D eigenvalue weighted by Crippen LogP contribution is -2.34. The van der Waals surface area contributed by atoms with E-state index < -0.39 is 36.6 Å². The van der Waals surface area contributed by atoms with Gasteiger partial charge in [-0.1, -0.05) is 5.21 Å². The zero-order valence-corrected chi connectivity index (χ0v) is 15.1. The molecule has 1 fully saturated rings. The molecule has 1 aliphatic heterocycles. The predicted molar refractivity (Wildman–Crippen MR) is 91.2 cm³/mol. The van der Waals surface area contributed by atoms with E-state index in [-0.39, 0.29) is 34.7 Å². The van der Waals surface area contributed by atoms with Gasteiger partial charge in [0, 0.05) is 0 Å². The molecule has 0 radical (unpaired) electrons. The van der Waals surface area contributed by atoms with Crippen molar-refractivity contribution in [1.82, 2.24) is 40.1 Å². The number of tetrazole rings is 1. The summed E-state index contributed by atoms with van der Waals surface area (Å²) in [6, 6.07) is 0. The summed E-state index contributed by atoms with van der Waals surface area (Å²) in [5, 5.41) is 42.4. The number of carboxylic acids is 1. The zero-order chi connectivity index (χ0) is 20.7. The molecule has 0 bridgehead atoms. The predicted octanol–water partition coefficient (Wildman–Crippen LogP) is -1.96. The van der Waals surface area contributed by atoms with E-state index in [1.54, 1.807) is 0 Å². The van der Waals surface area contributed by atoms with Crippen LogP contribution in [0.2, 0.25) is 5.28 Å². The fourth-order valence-corrected chi connectivity index (χ4v) is 3.09. The first-order valence-corrected chi connectivity index (χ1v) is 8.49. The summed E-state index contributed by atoms with van der Waals surface area (Å²) in [6.45, 7) is -0.384. The fourth-order valence-electron chi connectivity index (χ4n) is 2.92. The van der Waals surface area contributed by atoms with Crippen LogP contribution < -0.4 is 5.73 Å². The highest BCUT2D eigenvalue weighted by Gasteiger charge is 2.45. The minimum absolute atomic E-state index is 0.0380. The lowest BCUT2D eigenvalue weighted by atomic mass is 10.1. The highest BCUT2D eigenvalue weighted by molar-refractivity contribution is 6.28. The summed E-state index contributed by atoms with van der Waals surface area (Å²) in [7, 11) is 0. The Bertz CT molecular complexity index is 1030. The van der Waals surface area contributed by atoms with E-state index in [9.17, 15) is 20.1 Å². The molecule has 0 aromatic carbocycles. The van der Waals surface area contributed by atoms with Crippen molar-refractivity contribution in [3.63, 3.8) is 0 Å². The number of nitrogen functional groups attached to an aromatic ring is 1. The molecule has 3 aromatic rings. The number of aliphatic hydroxyl groups excluding tert-OH is 2. The SMILES string of the molecule is Nc1nc(Cl)nc2c1ncn2[C@@H]1O[C@H](COC(C(=O)O)c2nn[nH]n2)[C@H](O)[C@H]1O. The molecule has 15 nitrogen and oxygen atoms in total. The van der Waals surface area contributed by atoms with Crippen LogP contribution >= 0.6 is 11.6 Å². The number of rotatable bonds is 6. The zero-order valence-electron chi connectivity index (χ0n) is 14.3. The van der Waals surface area contributed by atoms with Crippen LogP contribution in [0.3, 0.4) is 0 Å². The van der Waals surface area contributed by atoms with Crippen LogP contribution in [0, 0.1) is 0 Å². The quantitative estimate of drug-likeness (QED) is 0.270. The van der Waals surface area contributed by atoms with Gasteiger partial charge in [0.25, 0.3) is 0 Å². The number of nitrogens with two attached hydrogens (primary N) is 1. The van der Waals surface area contributed by atoms with Gasteiger partial charge in [0.2, 0.25) is 17.2 Å². The second-order valence-corrected chi connectivity index (χ2v) is 6.41. The second kappa shape index (κ2) is 7.45. The number of imidazole rings is 1. The molecular weight excluding hydrogens is 414 g/mol. The van der Waals surface area contributed by atoms with Gasteiger partial charge in [0.05, 0.1) is 12.9 Å². The minimum atomic E-state index is -1.54. The molecule has 4 heterocycles. The lowest BCUT2D eigenvalue weighted by Gasteiger charge is -2.17. The maximum atomic E-state index is 11.4. The number of aliphatic carboxylic acids is 1. The molecule has 0 amide bonds. The summed E-state index contributed by atoms with van der Waals surface area (Å²) in [6.07, 6.45) is -5.22. The Hall–Kier alpha value is -2.98. The normalized spacial score (nSPS) is 25.5. The average Bonchev–Trinajstić information content (AvgIpc) is 3.38. The molecule has 5 atom stereocenters. The fraction of sp³-hybridized carbons (Fsp3) is 0.462. The number of nitrogens with zero attached hydrogens (tertiary/aromatic N) is 7. The third kappa shape index (κ3) is 3.45. The van der Waals surface area contributed by atoms with Crippen molar-refractivity contribution in [2.75, 3.05) is 12.3 Å². The standard InChI is InChI=1S/C13H14ClN9O6/c14-13-17-8(15)4-10(18-13)23(2-16-4)11-6(25)5(24)3(29-11)1-28-7(12(26)27)9-19-21-22-20-9/h2-3,5-7,11,24-25H,1H2,(H,26,27)(H2,15,17,18)(H,19,20,21,22)/t3-,5+,6-,7?,11-/m1/s1. The number of carboxylic acid groups (broad SMARTS) is 1. The topological polar surface area (TPSA) is 220 Å². The van der Waals surface area contributed by atoms with Gasteiger partial charge in [-0.2, -0.15) is 15.2 Å². The Morgan fingerprint density at radius 1 is 1.41 bits per heavy atom. The lowest BCUT2D eigenvalue weighted by molar-refractivity contribution is -0.156. The van der Waals surface area contributed by atoms with Crippen LogP contribution in [0.5, 0.6) is 0 Å². The molecule has 29 heavy (non-hydrogen) atoms. The van der Waals surface area contributed by atoms with Crippen LogP contribution in [0.25, 0.3) is 11.2 Å². The first-order chi connectivity index (χ1) is 13.9. The molecule has 0 aliphatic carbocycles. The number of fused-ring (bicyclic) bond motifs is 1. The Morgan fingerprint density at radius 3 is 2.90 bits per heavy atom. The van der Waals surface area contributed by atoms with Crippen molar-refractivity contribution in [3.05, 3.63) is 17.4 Å². The van der Waals surface area contributed by atoms with Crippen molar-refractivity contribution in [1.29, 1.82) is 0 Å². The first kappa shape index (κ1) is 19.3. The minimum Gasteiger partial charge on any atom is -0.479 e. The van der Waals surface area contributed by atoms with E-state index in [1.165, 1.54) is 10.9 Å². The van der Waals surface area contributed by atoms with E-state index in [1.807, 2.05) is 0 Å². The molecule has 6 N–H and O–H groups in total. The van der Waals surface area contributed by atoms with Gasteiger partial charge in [-0.3, -0.25) is 4.57 Å². The molecule has 0 saturated carbocycles. The Balaban J connectivity index is 1.53. The molecule has 1 unspecified atom stereocenters. The summed E-state index contributed by atoms with van der Waals surface area (Å²) >= 11 is 5.83. The van der Waals surface area contributed by atoms with E-state index in [4.69, 9.17) is 26.8 Å². The number of anilines is 1. The molecule has 3 aromatic heterocycles. The number of hydrogen-bond acceptors (Lipinski definition) is 12. The molecular formula is C13H14ClN9O6. The van der Waals surface area contributed by atoms with Gasteiger partial charge in [-0.05, 0) is 11.6 Å². The summed E-state index contributed by atoms with van der Waals surface area (Å²) in [4.78, 5) is 23.2. The maximum absolute atomic E-state index is 11.4. The van der Waals surface area contributed by atoms with E-state index >= 15 is 0 Å². The third-order valence-corrected chi connectivity index (χ3v) is 4.45. The summed E-state index contributed by atoms with van der Waals surface area (Å²) < 4.78 is 12.3. The number of halogens is 1. The van der Waals surface area contributed by atoms with E-state index in [0.29, 0.717) is 0 Å². The number of ether oxygens (including phenoxy) is 2. The van der Waals surface area contributed by atoms with Crippen LogP contribution in [0.4, 0.5) is 5.82 Å². The van der Waals surface area contributed by atoms with E-state index in [0.717, 1.165) is 0 Å². The monoisotopic (exact) mass is 427 g/mol. The molecule has 16 heteroatoms. The Morgan fingerprint density at radius 2 is 2.21 bits per heavy atom. The van der Waals surface area contributed by atoms with Gasteiger partial charge < -0.3 is 30.5 Å². The Labute approximate surface area is 165 Å². The molecule has 1 saturated heterocycles. The second-order valence-electron chi connectivity index (χ2n) is 6.07. The van der Waals surface area contributed by atoms with Crippen LogP contribution in [-0.4, -0.2) is 86.4 Å². The smallest absolute Gasteiger partial charge is 0.341 e. The van der Waals surface area contributed by atoms with E-state index in [2.05, 4.69) is 35.6 Å². The van der Waals surface area contributed by atoms with Crippen molar-refractivity contribution in [2.45, 2.75) is 30.6 Å². The number of aromatic amines is 1. The number of aliphatic hydroxyl groups is 2. The van der Waals surface area contributed by atoms with Gasteiger partial charge in [0.15, 0.2) is 17.7 Å². The molecule has 0 spiro atoms. The van der Waals surface area contributed by atoms with Crippen molar-refractivity contribution >= 4 is 34.6 Å². The van der Waals surface area contributed by atoms with Crippen molar-refractivity contribution in [2.24, 2.45) is 0 Å². The highest BCUT2D eigenvalue weighted by Crippen LogP contribution is 2.33. The molecule has 1 aliphatic rings. The molecule has 4 rings (SSSR count). The Kier molecular flexibility index (Phi) is 4.97. The number of H-pyrrole nitrogens is 1. The van der Waals surface area contributed by atoms with Crippen LogP contribution in [0.15, 0.2) is 6.33 Å². The van der Waals surface area contributed by atoms with Gasteiger partial charge in [-0.15, -0.1) is 10.2 Å². The van der Waals surface area contributed by atoms with Crippen molar-refractivity contribution < 1.29 is 29.6 Å². The summed E-state index contributed by atoms with van der Waals surface area (Å²) in [5.74, 6) is -1.53.